The molecule has 4 fully saturated rings. The Balaban J connectivity index is 0.941. The van der Waals surface area contributed by atoms with E-state index in [1.54, 1.807) is 25.7 Å². The molecule has 2 bridgehead atoms. The molecule has 6 nitrogen and oxygen atoms in total. The number of unbranched alkanes of at least 4 members (excludes halogenated alkanes) is 3. The summed E-state index contributed by atoms with van der Waals surface area (Å²) < 4.78 is 0. The van der Waals surface area contributed by atoms with Gasteiger partial charge in [-0.3, -0.25) is 4.90 Å². The van der Waals surface area contributed by atoms with Crippen molar-refractivity contribution in [1.29, 1.82) is 0 Å². The molecule has 3 atom stereocenters. The summed E-state index contributed by atoms with van der Waals surface area (Å²) in [6, 6.07) is 1.93. The van der Waals surface area contributed by atoms with Crippen molar-refractivity contribution in [3.05, 3.63) is 6.07 Å². The van der Waals surface area contributed by atoms with Crippen molar-refractivity contribution in [3.63, 3.8) is 0 Å². The van der Waals surface area contributed by atoms with Gasteiger partial charge in [0.15, 0.2) is 0 Å². The Morgan fingerprint density at radius 2 is 1.62 bits per heavy atom. The van der Waals surface area contributed by atoms with Crippen LogP contribution in [0, 0.1) is 29.6 Å². The lowest BCUT2D eigenvalue weighted by Gasteiger charge is -2.35. The second-order valence-electron chi connectivity index (χ2n) is 13.0. The van der Waals surface area contributed by atoms with Gasteiger partial charge < -0.3 is 16.0 Å². The molecule has 3 aliphatic carbocycles. The zero-order chi connectivity index (χ0) is 25.5. The van der Waals surface area contributed by atoms with Crippen molar-refractivity contribution in [2.75, 3.05) is 55.2 Å². The summed E-state index contributed by atoms with van der Waals surface area (Å²) in [5, 5.41) is 3.54. The molecule has 4 aliphatic rings. The van der Waals surface area contributed by atoms with Crippen LogP contribution in [-0.4, -0.2) is 54.1 Å². The summed E-state index contributed by atoms with van der Waals surface area (Å²) in [4.78, 5) is 14.2. The van der Waals surface area contributed by atoms with Gasteiger partial charge in [-0.05, 0) is 74.7 Å². The summed E-state index contributed by atoms with van der Waals surface area (Å²) in [7, 11) is 0. The van der Waals surface area contributed by atoms with E-state index in [1.807, 2.05) is 6.07 Å². The molecule has 1 aromatic heterocycles. The highest BCUT2D eigenvalue weighted by molar-refractivity contribution is 5.51. The maximum atomic E-state index is 6.16. The number of rotatable bonds is 13. The predicted octanol–water partition coefficient (Wildman–Crippen LogP) is 6.59. The van der Waals surface area contributed by atoms with Crippen LogP contribution in [0.1, 0.15) is 103 Å². The molecule has 1 aromatic rings. The third-order valence-electron chi connectivity index (χ3n) is 10.3. The van der Waals surface area contributed by atoms with Crippen molar-refractivity contribution < 1.29 is 0 Å². The summed E-state index contributed by atoms with van der Waals surface area (Å²) in [6.07, 6.45) is 21.9. The quantitative estimate of drug-likeness (QED) is 0.292. The monoisotopic (exact) mass is 510 g/mol. The first kappa shape index (κ1) is 27.0. The molecular weight excluding hydrogens is 456 g/mol. The highest BCUT2D eigenvalue weighted by atomic mass is 15.3. The van der Waals surface area contributed by atoms with Crippen LogP contribution in [0.15, 0.2) is 6.07 Å². The number of nitrogens with zero attached hydrogens (tertiary/aromatic N) is 4. The third kappa shape index (κ3) is 7.74. The average molecular weight is 511 g/mol. The molecular formula is C31H54N6. The lowest BCUT2D eigenvalue weighted by atomic mass is 9.79. The van der Waals surface area contributed by atoms with E-state index in [4.69, 9.17) is 10.7 Å². The molecule has 0 spiro atoms. The molecule has 5 rings (SSSR count). The standard InChI is InChI=1S/C31H54N6/c1-2-15-36-16-18-37(19-17-36)30-22-29(32)34-31(35-30)33-23-25-11-9-24(10-12-25)7-5-3-4-6-8-27-20-26-13-14-28(27)21-26/h22,24-28H,2-21,23H2,1H3,(H3,32,33,34,35)/t24?,25?,26-,27?,28-/m1/s1. The minimum atomic E-state index is 0.572. The number of hydrogen-bond acceptors (Lipinski definition) is 6. The minimum Gasteiger partial charge on any atom is -0.383 e. The lowest BCUT2D eigenvalue weighted by Crippen LogP contribution is -2.46. The third-order valence-corrected chi connectivity index (χ3v) is 10.3. The van der Waals surface area contributed by atoms with Crippen LogP contribution in [0.25, 0.3) is 0 Å². The largest absolute Gasteiger partial charge is 0.383 e. The number of fused-ring (bicyclic) bond motifs is 2. The second-order valence-corrected chi connectivity index (χ2v) is 13.0. The van der Waals surface area contributed by atoms with Gasteiger partial charge >= 0.3 is 0 Å². The summed E-state index contributed by atoms with van der Waals surface area (Å²) >= 11 is 0. The van der Waals surface area contributed by atoms with Crippen LogP contribution in [-0.2, 0) is 0 Å². The van der Waals surface area contributed by atoms with Crippen molar-refractivity contribution in [1.82, 2.24) is 14.9 Å². The molecule has 1 aliphatic heterocycles. The molecule has 3 saturated carbocycles. The van der Waals surface area contributed by atoms with Crippen molar-refractivity contribution in [3.8, 4) is 0 Å². The van der Waals surface area contributed by atoms with E-state index in [2.05, 4.69) is 27.0 Å². The minimum absolute atomic E-state index is 0.572. The molecule has 6 heteroatoms. The number of piperazine rings is 1. The van der Waals surface area contributed by atoms with Gasteiger partial charge in [-0.15, -0.1) is 0 Å². The van der Waals surface area contributed by atoms with E-state index in [0.717, 1.165) is 68.1 Å². The summed E-state index contributed by atoms with van der Waals surface area (Å²) in [6.45, 7) is 8.65. The molecule has 0 amide bonds. The van der Waals surface area contributed by atoms with Gasteiger partial charge in [0.05, 0.1) is 0 Å². The van der Waals surface area contributed by atoms with Crippen molar-refractivity contribution >= 4 is 17.6 Å². The van der Waals surface area contributed by atoms with E-state index >= 15 is 0 Å². The highest BCUT2D eigenvalue weighted by Crippen LogP contribution is 2.50. The number of nitrogens with one attached hydrogen (secondary N) is 1. The van der Waals surface area contributed by atoms with Gasteiger partial charge in [0, 0.05) is 38.8 Å². The van der Waals surface area contributed by atoms with Gasteiger partial charge in [-0.25, -0.2) is 0 Å². The van der Waals surface area contributed by atoms with Crippen LogP contribution in [0.3, 0.4) is 0 Å². The van der Waals surface area contributed by atoms with Crippen LogP contribution in [0.2, 0.25) is 0 Å². The number of aromatic nitrogens is 2. The Labute approximate surface area is 226 Å². The Morgan fingerprint density at radius 1 is 0.865 bits per heavy atom. The Kier molecular flexibility index (Phi) is 9.85. The molecule has 1 saturated heterocycles. The fourth-order valence-corrected chi connectivity index (χ4v) is 8.09. The first-order valence-electron chi connectivity index (χ1n) is 16.0. The SMILES string of the molecule is CCCN1CCN(c2cc(N)nc(NCC3CCC(CCCCCCC4C[C@H]5CC[C@@H]4C5)CC3)n2)CC1. The average Bonchev–Trinajstić information content (AvgIpc) is 3.54. The molecule has 37 heavy (non-hydrogen) atoms. The Bertz CT molecular complexity index is 814. The Hall–Kier alpha value is -1.56. The zero-order valence-corrected chi connectivity index (χ0v) is 23.7. The highest BCUT2D eigenvalue weighted by Gasteiger charge is 2.38. The topological polar surface area (TPSA) is 70.3 Å². The molecule has 1 unspecified atom stereocenters. The maximum Gasteiger partial charge on any atom is 0.226 e. The number of nitrogen functional groups attached to an aromatic ring is 1. The number of hydrogen-bond donors (Lipinski definition) is 2. The predicted molar refractivity (Wildman–Crippen MR) is 156 cm³/mol. The van der Waals surface area contributed by atoms with Crippen LogP contribution < -0.4 is 16.0 Å². The van der Waals surface area contributed by atoms with Crippen LogP contribution >= 0.6 is 0 Å². The molecule has 0 radical (unpaired) electrons. The molecule has 208 valence electrons. The van der Waals surface area contributed by atoms with Gasteiger partial charge in [0.25, 0.3) is 0 Å². The second kappa shape index (κ2) is 13.5. The van der Waals surface area contributed by atoms with Crippen molar-refractivity contribution in [2.45, 2.75) is 103 Å². The lowest BCUT2D eigenvalue weighted by molar-refractivity contribution is 0.258. The fourth-order valence-electron chi connectivity index (χ4n) is 8.09. The molecule has 2 heterocycles. The van der Waals surface area contributed by atoms with Crippen LogP contribution in [0.5, 0.6) is 0 Å². The first-order valence-corrected chi connectivity index (χ1v) is 16.0. The number of anilines is 3. The summed E-state index contributed by atoms with van der Waals surface area (Å²) in [5.74, 6) is 7.30. The fraction of sp³-hybridized carbons (Fsp3) is 0.871. The van der Waals surface area contributed by atoms with Gasteiger partial charge in [-0.2, -0.15) is 9.97 Å². The van der Waals surface area contributed by atoms with Gasteiger partial charge in [0.1, 0.15) is 11.6 Å². The smallest absolute Gasteiger partial charge is 0.226 e. The van der Waals surface area contributed by atoms with E-state index < -0.39 is 0 Å². The van der Waals surface area contributed by atoms with Crippen LogP contribution in [0.4, 0.5) is 17.6 Å². The Morgan fingerprint density at radius 3 is 2.32 bits per heavy atom. The normalized spacial score (nSPS) is 30.2. The van der Waals surface area contributed by atoms with Gasteiger partial charge in [-0.1, -0.05) is 64.7 Å². The number of nitrogens with two attached hydrogens (primary N) is 1. The van der Waals surface area contributed by atoms with E-state index in [0.29, 0.717) is 11.8 Å². The zero-order valence-electron chi connectivity index (χ0n) is 23.7. The first-order chi connectivity index (χ1) is 18.2. The van der Waals surface area contributed by atoms with Gasteiger partial charge in [0.2, 0.25) is 5.95 Å². The van der Waals surface area contributed by atoms with Crippen molar-refractivity contribution in [2.24, 2.45) is 29.6 Å². The van der Waals surface area contributed by atoms with E-state index in [-0.39, 0.29) is 0 Å². The van der Waals surface area contributed by atoms with E-state index in [9.17, 15) is 0 Å². The molecule has 3 N–H and O–H groups in total. The molecule has 0 aromatic carbocycles. The van der Waals surface area contributed by atoms with E-state index in [1.165, 1.54) is 77.2 Å². The maximum absolute atomic E-state index is 6.16. The summed E-state index contributed by atoms with van der Waals surface area (Å²) in [5.41, 5.74) is 6.16.